The summed E-state index contributed by atoms with van der Waals surface area (Å²) in [7, 11) is -1.67. The molecule has 3 nitrogen and oxygen atoms in total. The average molecular weight is 161 g/mol. The molecule has 60 valence electrons. The van der Waals surface area contributed by atoms with Crippen LogP contribution in [0.15, 0.2) is 0 Å². The first-order valence-electron chi connectivity index (χ1n) is 3.42. The summed E-state index contributed by atoms with van der Waals surface area (Å²) < 4.78 is 5.07. The molecule has 0 aromatic rings. The van der Waals surface area contributed by atoms with Crippen LogP contribution in [0.2, 0.25) is 19.6 Å². The van der Waals surface area contributed by atoms with Crippen LogP contribution in [0.5, 0.6) is 0 Å². The quantitative estimate of drug-likeness (QED) is 0.624. The van der Waals surface area contributed by atoms with Gasteiger partial charge in [-0.15, -0.1) is 0 Å². The predicted molar refractivity (Wildman–Crippen MR) is 43.5 cm³/mol. The maximum Gasteiger partial charge on any atom is 0.393 e. The molecule has 0 fully saturated rings. The fourth-order valence-corrected chi connectivity index (χ4v) is 1.09. The van der Waals surface area contributed by atoms with Crippen molar-refractivity contribution in [3.63, 3.8) is 0 Å². The van der Waals surface area contributed by atoms with Gasteiger partial charge in [-0.2, -0.15) is 0 Å². The Morgan fingerprint density at radius 3 is 2.30 bits per heavy atom. The van der Waals surface area contributed by atoms with Crippen LogP contribution in [-0.4, -0.2) is 21.0 Å². The van der Waals surface area contributed by atoms with Crippen molar-refractivity contribution < 1.29 is 9.22 Å². The summed E-state index contributed by atoms with van der Waals surface area (Å²) in [6, 6.07) is 0. The maximum absolute atomic E-state index is 10.8. The summed E-state index contributed by atoms with van der Waals surface area (Å²) in [6.45, 7) is 8.42. The van der Waals surface area contributed by atoms with Crippen LogP contribution in [0.25, 0.3) is 0 Å². The van der Waals surface area contributed by atoms with Gasteiger partial charge in [0.2, 0.25) is 8.32 Å². The van der Waals surface area contributed by atoms with Crippen LogP contribution < -0.4 is 5.32 Å². The number of hydrogen-bond acceptors (Lipinski definition) is 2. The molecule has 0 aliphatic rings. The van der Waals surface area contributed by atoms with E-state index in [1.165, 1.54) is 0 Å². The van der Waals surface area contributed by atoms with Crippen molar-refractivity contribution in [2.24, 2.45) is 0 Å². The lowest BCUT2D eigenvalue weighted by atomic mass is 10.8. The smallest absolute Gasteiger partial charge is 0.393 e. The van der Waals surface area contributed by atoms with E-state index in [2.05, 4.69) is 5.32 Å². The summed E-state index contributed by atoms with van der Waals surface area (Å²) in [5, 5.41) is 2.58. The summed E-state index contributed by atoms with van der Waals surface area (Å²) in [5.41, 5.74) is 0. The van der Waals surface area contributed by atoms with Gasteiger partial charge >= 0.3 is 6.09 Å². The fraction of sp³-hybridized carbons (Fsp3) is 0.833. The van der Waals surface area contributed by atoms with Gasteiger partial charge in [-0.25, -0.2) is 4.79 Å². The van der Waals surface area contributed by atoms with Gasteiger partial charge in [0.15, 0.2) is 0 Å². The third kappa shape index (κ3) is 5.62. The van der Waals surface area contributed by atoms with Crippen molar-refractivity contribution >= 4 is 14.4 Å². The second kappa shape index (κ2) is 3.61. The van der Waals surface area contributed by atoms with Crippen molar-refractivity contribution in [3.05, 3.63) is 0 Å². The number of carbonyl (C=O) groups excluding carboxylic acids is 1. The van der Waals surface area contributed by atoms with Gasteiger partial charge in [-0.05, 0) is 26.6 Å². The summed E-state index contributed by atoms with van der Waals surface area (Å²) in [5.74, 6) is 0. The molecule has 0 bridgehead atoms. The van der Waals surface area contributed by atoms with Crippen LogP contribution in [0.1, 0.15) is 6.92 Å². The number of carbonyl (C=O) groups is 1. The molecule has 10 heavy (non-hydrogen) atoms. The maximum atomic E-state index is 10.8. The largest absolute Gasteiger partial charge is 0.504 e. The van der Waals surface area contributed by atoms with Crippen molar-refractivity contribution in [2.45, 2.75) is 26.6 Å². The van der Waals surface area contributed by atoms with E-state index in [-0.39, 0.29) is 6.09 Å². The minimum absolute atomic E-state index is 0.290. The second-order valence-electron chi connectivity index (χ2n) is 3.03. The Labute approximate surface area is 62.9 Å². The van der Waals surface area contributed by atoms with Gasteiger partial charge < -0.3 is 9.74 Å². The van der Waals surface area contributed by atoms with Gasteiger partial charge in [0.25, 0.3) is 0 Å². The first-order valence-corrected chi connectivity index (χ1v) is 6.83. The average Bonchev–Trinajstić information content (AvgIpc) is 1.59. The molecule has 0 spiro atoms. The lowest BCUT2D eigenvalue weighted by Gasteiger charge is -2.16. The molecule has 0 atom stereocenters. The Kier molecular flexibility index (Phi) is 3.42. The Balaban J connectivity index is 3.58. The van der Waals surface area contributed by atoms with Crippen LogP contribution in [0.4, 0.5) is 4.79 Å². The monoisotopic (exact) mass is 161 g/mol. The molecular weight excluding hydrogens is 146 g/mol. The fourth-order valence-electron chi connectivity index (χ4n) is 0.459. The molecule has 0 rings (SSSR count). The van der Waals surface area contributed by atoms with Crippen LogP contribution in [0.3, 0.4) is 0 Å². The highest BCUT2D eigenvalue weighted by atomic mass is 28.4. The van der Waals surface area contributed by atoms with E-state index in [9.17, 15) is 4.79 Å². The van der Waals surface area contributed by atoms with E-state index in [0.29, 0.717) is 6.54 Å². The van der Waals surface area contributed by atoms with Crippen molar-refractivity contribution in [3.8, 4) is 0 Å². The number of hydrogen-bond donors (Lipinski definition) is 1. The van der Waals surface area contributed by atoms with Gasteiger partial charge in [0.1, 0.15) is 0 Å². The van der Waals surface area contributed by atoms with E-state index in [1.54, 1.807) is 0 Å². The Morgan fingerprint density at radius 2 is 2.00 bits per heavy atom. The molecule has 0 radical (unpaired) electrons. The van der Waals surface area contributed by atoms with E-state index < -0.39 is 8.32 Å². The zero-order valence-electron chi connectivity index (χ0n) is 7.02. The van der Waals surface area contributed by atoms with Crippen molar-refractivity contribution in [2.75, 3.05) is 6.54 Å². The predicted octanol–water partition coefficient (Wildman–Crippen LogP) is 1.57. The molecule has 0 saturated heterocycles. The zero-order chi connectivity index (χ0) is 8.20. The lowest BCUT2D eigenvalue weighted by molar-refractivity contribution is 0.199. The highest BCUT2D eigenvalue weighted by molar-refractivity contribution is 6.71. The van der Waals surface area contributed by atoms with E-state index in [0.717, 1.165) is 0 Å². The third-order valence-electron chi connectivity index (χ3n) is 0.720. The molecule has 1 amide bonds. The first-order chi connectivity index (χ1) is 4.45. The molecule has 0 aromatic carbocycles. The highest BCUT2D eigenvalue weighted by Crippen LogP contribution is 2.01. The Bertz CT molecular complexity index is 119. The Hall–Kier alpha value is -0.513. The van der Waals surface area contributed by atoms with E-state index in [4.69, 9.17) is 4.43 Å². The first kappa shape index (κ1) is 9.49. The topological polar surface area (TPSA) is 38.3 Å². The molecule has 0 aliphatic heterocycles. The number of rotatable bonds is 2. The molecule has 0 aliphatic carbocycles. The van der Waals surface area contributed by atoms with Crippen molar-refractivity contribution in [1.82, 2.24) is 5.32 Å². The van der Waals surface area contributed by atoms with Crippen LogP contribution in [-0.2, 0) is 4.43 Å². The molecule has 4 heteroatoms. The molecule has 1 N–H and O–H groups in total. The van der Waals surface area contributed by atoms with Crippen LogP contribution >= 0.6 is 0 Å². The van der Waals surface area contributed by atoms with Gasteiger partial charge in [0, 0.05) is 6.54 Å². The lowest BCUT2D eigenvalue weighted by Crippen LogP contribution is -2.35. The second-order valence-corrected chi connectivity index (χ2v) is 7.46. The molecule has 0 heterocycles. The summed E-state index contributed by atoms with van der Waals surface area (Å²) >= 11 is 0. The molecule has 0 aromatic heterocycles. The SMILES string of the molecule is CCNC(=O)O[Si](C)(C)C. The third-order valence-corrected chi connectivity index (χ3v) is 1.52. The van der Waals surface area contributed by atoms with Crippen molar-refractivity contribution in [1.29, 1.82) is 0 Å². The highest BCUT2D eigenvalue weighted by Gasteiger charge is 2.18. The molecule has 0 unspecified atom stereocenters. The van der Waals surface area contributed by atoms with Crippen LogP contribution in [0, 0.1) is 0 Å². The minimum atomic E-state index is -1.67. The Morgan fingerprint density at radius 1 is 1.50 bits per heavy atom. The molecular formula is C6H15NO2Si. The van der Waals surface area contributed by atoms with E-state index in [1.807, 2.05) is 26.6 Å². The molecule has 0 saturated carbocycles. The summed E-state index contributed by atoms with van der Waals surface area (Å²) in [6.07, 6.45) is -0.290. The number of nitrogens with one attached hydrogen (secondary N) is 1. The minimum Gasteiger partial charge on any atom is -0.504 e. The normalized spacial score (nSPS) is 10.8. The summed E-state index contributed by atoms with van der Waals surface area (Å²) in [4.78, 5) is 10.8. The van der Waals surface area contributed by atoms with Gasteiger partial charge in [0.05, 0.1) is 0 Å². The van der Waals surface area contributed by atoms with Gasteiger partial charge in [-0.3, -0.25) is 0 Å². The standard InChI is InChI=1S/C6H15NO2Si/c1-5-7-6(8)9-10(2,3)4/h5H2,1-4H3,(H,7,8). The van der Waals surface area contributed by atoms with Gasteiger partial charge in [-0.1, -0.05) is 0 Å². The number of amides is 1. The van der Waals surface area contributed by atoms with E-state index >= 15 is 0 Å². The zero-order valence-corrected chi connectivity index (χ0v) is 8.02.